The highest BCUT2D eigenvalue weighted by Gasteiger charge is 2.52. The van der Waals surface area contributed by atoms with Crippen LogP contribution in [0.4, 0.5) is 5.69 Å². The number of esters is 1. The summed E-state index contributed by atoms with van der Waals surface area (Å²) in [6.07, 6.45) is 6.69. The summed E-state index contributed by atoms with van der Waals surface area (Å²) in [6, 6.07) is 15.8. The number of nitrogens with zero attached hydrogens (tertiary/aromatic N) is 3. The van der Waals surface area contributed by atoms with Gasteiger partial charge in [0.25, 0.3) is 11.5 Å². The van der Waals surface area contributed by atoms with Crippen molar-refractivity contribution in [2.24, 2.45) is 5.92 Å². The molecule has 3 aromatic rings. The third-order valence-electron chi connectivity index (χ3n) is 9.17. The van der Waals surface area contributed by atoms with Crippen molar-refractivity contribution >= 4 is 23.5 Å². The topological polar surface area (TPSA) is 139 Å². The van der Waals surface area contributed by atoms with Crippen LogP contribution in [0, 0.1) is 5.92 Å². The number of aliphatic hydroxyl groups is 2. The number of pyridine rings is 1. The van der Waals surface area contributed by atoms with E-state index < -0.39 is 23.0 Å². The van der Waals surface area contributed by atoms with Gasteiger partial charge >= 0.3 is 5.97 Å². The zero-order valence-electron chi connectivity index (χ0n) is 26.9. The number of anilines is 1. The highest BCUT2D eigenvalue weighted by molar-refractivity contribution is 6.07. The Labute approximate surface area is 273 Å². The molecule has 0 saturated heterocycles. The molecule has 0 unspecified atom stereocenters. The highest BCUT2D eigenvalue weighted by Crippen LogP contribution is 2.46. The number of carbonyl (C=O) groups excluding carboxylic acids is 3. The summed E-state index contributed by atoms with van der Waals surface area (Å²) >= 11 is 0. The fourth-order valence-corrected chi connectivity index (χ4v) is 6.45. The van der Waals surface area contributed by atoms with E-state index in [0.29, 0.717) is 42.7 Å². The highest BCUT2D eigenvalue weighted by atomic mass is 16.5. The van der Waals surface area contributed by atoms with E-state index in [2.05, 4.69) is 0 Å². The van der Waals surface area contributed by atoms with E-state index in [1.807, 2.05) is 24.3 Å². The summed E-state index contributed by atoms with van der Waals surface area (Å²) < 4.78 is 11.3. The minimum absolute atomic E-state index is 0.0244. The summed E-state index contributed by atoms with van der Waals surface area (Å²) in [6.45, 7) is 2.22. The number of benzene rings is 2. The lowest BCUT2D eigenvalue weighted by Crippen LogP contribution is -2.46. The Hall–Kier alpha value is -4.74. The predicted octanol–water partition coefficient (Wildman–Crippen LogP) is 3.25. The molecule has 1 aromatic heterocycles. The molecule has 2 aliphatic rings. The molecule has 0 radical (unpaired) electrons. The molecule has 11 heteroatoms. The van der Waals surface area contributed by atoms with Gasteiger partial charge < -0.3 is 29.5 Å². The van der Waals surface area contributed by atoms with Gasteiger partial charge in [-0.1, -0.05) is 43.3 Å². The maximum atomic E-state index is 14.0. The molecule has 2 amide bonds. The number of amides is 2. The Kier molecular flexibility index (Phi) is 10.3. The Bertz CT molecular complexity index is 1730. The molecule has 0 spiro atoms. The zero-order valence-corrected chi connectivity index (χ0v) is 26.9. The van der Waals surface area contributed by atoms with Crippen molar-refractivity contribution in [3.05, 3.63) is 100.0 Å². The van der Waals surface area contributed by atoms with Gasteiger partial charge in [0.2, 0.25) is 5.91 Å². The van der Waals surface area contributed by atoms with Crippen molar-refractivity contribution in [1.29, 1.82) is 0 Å². The van der Waals surface area contributed by atoms with E-state index in [4.69, 9.17) is 9.47 Å². The van der Waals surface area contributed by atoms with Gasteiger partial charge in [0.05, 0.1) is 32.6 Å². The van der Waals surface area contributed by atoms with Crippen LogP contribution in [0.1, 0.15) is 49.3 Å². The number of rotatable bonds is 12. The second-order valence-electron chi connectivity index (χ2n) is 12.0. The number of carbonyl (C=O) groups is 3. The Morgan fingerprint density at radius 3 is 2.55 bits per heavy atom. The van der Waals surface area contributed by atoms with Crippen LogP contribution >= 0.6 is 0 Å². The summed E-state index contributed by atoms with van der Waals surface area (Å²) in [5.41, 5.74) is 1.05. The molecule has 3 atom stereocenters. The third-order valence-corrected chi connectivity index (χ3v) is 9.17. The lowest BCUT2D eigenvalue weighted by Gasteiger charge is -2.36. The van der Waals surface area contributed by atoms with Gasteiger partial charge in [0, 0.05) is 49.3 Å². The van der Waals surface area contributed by atoms with Gasteiger partial charge in [-0.3, -0.25) is 23.7 Å². The zero-order chi connectivity index (χ0) is 33.7. The normalized spacial score (nSPS) is 19.4. The summed E-state index contributed by atoms with van der Waals surface area (Å²) in [4.78, 5) is 55.2. The molecule has 2 N–H and O–H groups in total. The van der Waals surface area contributed by atoms with Crippen LogP contribution in [0.15, 0.2) is 77.7 Å². The molecule has 5 rings (SSSR count). The number of methoxy groups -OCH3 is 2. The maximum Gasteiger partial charge on any atom is 0.305 e. The maximum absolute atomic E-state index is 14.0. The number of unbranched alkanes of at least 4 members (excludes halogenated alkanes) is 1. The first-order valence-corrected chi connectivity index (χ1v) is 15.8. The molecule has 0 saturated carbocycles. The largest absolute Gasteiger partial charge is 0.491 e. The number of ether oxygens (including phenoxy) is 2. The van der Waals surface area contributed by atoms with Crippen LogP contribution in [-0.4, -0.2) is 70.9 Å². The van der Waals surface area contributed by atoms with Gasteiger partial charge in [0.1, 0.15) is 0 Å². The van der Waals surface area contributed by atoms with E-state index in [-0.39, 0.29) is 49.7 Å². The average molecular weight is 644 g/mol. The predicted molar refractivity (Wildman–Crippen MR) is 175 cm³/mol. The van der Waals surface area contributed by atoms with Gasteiger partial charge in [-0.05, 0) is 60.7 Å². The second-order valence-corrected chi connectivity index (χ2v) is 12.0. The SMILES string of the molecule is COC(=O)CCCCN1C(=O)[C@@](O)([C@@H](C)/C=C/CC(=O)N2Cc3ccccc3C[C@H]2CO)c2cc(-n3cccc(OC)c3=O)ccc21. The first-order chi connectivity index (χ1) is 22.6. The van der Waals surface area contributed by atoms with Crippen LogP contribution in [0.2, 0.25) is 0 Å². The first kappa shape index (κ1) is 33.6. The number of aliphatic hydroxyl groups excluding tert-OH is 1. The van der Waals surface area contributed by atoms with E-state index >= 15 is 0 Å². The molecule has 2 aliphatic heterocycles. The van der Waals surface area contributed by atoms with Crippen molar-refractivity contribution < 1.29 is 34.1 Å². The van der Waals surface area contributed by atoms with Crippen molar-refractivity contribution in [3.63, 3.8) is 0 Å². The molecule has 0 fully saturated rings. The number of hydrogen-bond donors (Lipinski definition) is 2. The van der Waals surface area contributed by atoms with Crippen molar-refractivity contribution in [3.8, 4) is 11.4 Å². The van der Waals surface area contributed by atoms with E-state index in [0.717, 1.165) is 11.1 Å². The van der Waals surface area contributed by atoms with Crippen molar-refractivity contribution in [1.82, 2.24) is 9.47 Å². The fourth-order valence-electron chi connectivity index (χ4n) is 6.45. The molecular weight excluding hydrogens is 602 g/mol. The van der Waals surface area contributed by atoms with E-state index in [1.54, 1.807) is 60.5 Å². The summed E-state index contributed by atoms with van der Waals surface area (Å²) in [7, 11) is 2.74. The molecule has 47 heavy (non-hydrogen) atoms. The first-order valence-electron chi connectivity index (χ1n) is 15.8. The lowest BCUT2D eigenvalue weighted by molar-refractivity contribution is -0.140. The van der Waals surface area contributed by atoms with Crippen LogP contribution < -0.4 is 15.2 Å². The molecule has 11 nitrogen and oxygen atoms in total. The molecule has 248 valence electrons. The lowest BCUT2D eigenvalue weighted by atomic mass is 9.82. The Balaban J connectivity index is 1.41. The van der Waals surface area contributed by atoms with Gasteiger partial charge in [-0.2, -0.15) is 0 Å². The minimum Gasteiger partial charge on any atom is -0.491 e. The van der Waals surface area contributed by atoms with Crippen LogP contribution in [0.3, 0.4) is 0 Å². The molecule has 0 bridgehead atoms. The molecular formula is C36H41N3O8. The van der Waals surface area contributed by atoms with E-state index in [1.165, 1.54) is 23.7 Å². The van der Waals surface area contributed by atoms with Gasteiger partial charge in [0.15, 0.2) is 11.4 Å². The van der Waals surface area contributed by atoms with Crippen LogP contribution in [-0.2, 0) is 37.7 Å². The third kappa shape index (κ3) is 6.59. The minimum atomic E-state index is -1.99. The van der Waals surface area contributed by atoms with Gasteiger partial charge in [-0.15, -0.1) is 0 Å². The van der Waals surface area contributed by atoms with E-state index in [9.17, 15) is 29.4 Å². The molecule has 0 aliphatic carbocycles. The number of hydrogen-bond acceptors (Lipinski definition) is 8. The van der Waals surface area contributed by atoms with Gasteiger partial charge in [-0.25, -0.2) is 0 Å². The average Bonchev–Trinajstić information content (AvgIpc) is 3.31. The number of aromatic nitrogens is 1. The monoisotopic (exact) mass is 643 g/mol. The van der Waals surface area contributed by atoms with Crippen molar-refractivity contribution in [2.75, 3.05) is 32.3 Å². The Morgan fingerprint density at radius 1 is 1.06 bits per heavy atom. The summed E-state index contributed by atoms with van der Waals surface area (Å²) in [5, 5.41) is 22.2. The standard InChI is InChI=1S/C36H41N3O8/c1-24(10-8-14-32(41)39-22-26-12-5-4-11-25(26)20-28(39)23-40)36(45)29-21-27(37-19-9-13-31(46-2)34(37)43)16-17-30(29)38(35(36)44)18-7-6-15-33(42)47-3/h4-5,8-13,16-17,19,21,24,28,40,45H,6-7,14-15,18,20,22-23H2,1-3H3/b10-8+/t24-,28-,36+/m0/s1. The quantitative estimate of drug-likeness (QED) is 0.174. The molecule has 3 heterocycles. The number of fused-ring (bicyclic) bond motifs is 2. The fraction of sp³-hybridized carbons (Fsp3) is 0.389. The Morgan fingerprint density at radius 2 is 1.83 bits per heavy atom. The second kappa shape index (κ2) is 14.4. The summed E-state index contributed by atoms with van der Waals surface area (Å²) in [5.74, 6) is -1.64. The van der Waals surface area contributed by atoms with Crippen LogP contribution in [0.25, 0.3) is 5.69 Å². The smallest absolute Gasteiger partial charge is 0.305 e. The van der Waals surface area contributed by atoms with Crippen LogP contribution in [0.5, 0.6) is 5.75 Å². The van der Waals surface area contributed by atoms with Crippen molar-refractivity contribution in [2.45, 2.75) is 57.2 Å². The molecule has 2 aromatic carbocycles.